The molecule has 0 aliphatic rings. The highest BCUT2D eigenvalue weighted by Gasteiger charge is 2.08. The number of benzene rings is 1. The van der Waals surface area contributed by atoms with Crippen molar-refractivity contribution in [2.75, 3.05) is 0 Å². The fraction of sp³-hybridized carbons (Fsp3) is 0.231. The molecule has 0 radical (unpaired) electrons. The van der Waals surface area contributed by atoms with E-state index >= 15 is 0 Å². The third-order valence-corrected chi connectivity index (χ3v) is 2.69. The van der Waals surface area contributed by atoms with Crippen molar-refractivity contribution in [2.45, 2.75) is 19.4 Å². The van der Waals surface area contributed by atoms with Gasteiger partial charge in [0.2, 0.25) is 0 Å². The highest BCUT2D eigenvalue weighted by Crippen LogP contribution is 2.22. The lowest BCUT2D eigenvalue weighted by Crippen LogP contribution is -1.95. The van der Waals surface area contributed by atoms with Gasteiger partial charge in [0.1, 0.15) is 0 Å². The number of hydrogen-bond donors (Lipinski definition) is 0. The number of hydrogen-bond acceptors (Lipinski definition) is 2. The number of nitro benzene ring substituents is 1. The van der Waals surface area contributed by atoms with Crippen LogP contribution in [-0.4, -0.2) is 9.49 Å². The average Bonchev–Trinajstić information content (AvgIpc) is 2.72. The van der Waals surface area contributed by atoms with Crippen molar-refractivity contribution in [2.24, 2.45) is 0 Å². The summed E-state index contributed by atoms with van der Waals surface area (Å²) in [5, 5.41) is 11.5. The van der Waals surface area contributed by atoms with Gasteiger partial charge in [-0.1, -0.05) is 0 Å². The predicted molar refractivity (Wildman–Crippen MR) is 66.7 cm³/mol. The van der Waals surface area contributed by atoms with Gasteiger partial charge in [0.25, 0.3) is 5.69 Å². The van der Waals surface area contributed by atoms with Gasteiger partial charge in [-0.2, -0.15) is 0 Å². The minimum absolute atomic E-state index is 0.124. The molecular weight excluding hydrogens is 216 g/mol. The van der Waals surface area contributed by atoms with E-state index in [-0.39, 0.29) is 10.6 Å². The minimum atomic E-state index is -0.380. The molecule has 0 fully saturated rings. The third-order valence-electron chi connectivity index (χ3n) is 2.69. The molecule has 0 saturated carbocycles. The van der Waals surface area contributed by atoms with Crippen molar-refractivity contribution >= 4 is 16.6 Å². The summed E-state index contributed by atoms with van der Waals surface area (Å²) in [7, 11) is 0. The molecule has 2 aromatic rings. The van der Waals surface area contributed by atoms with E-state index in [9.17, 15) is 10.1 Å². The quantitative estimate of drug-likeness (QED) is 0.349. The molecule has 0 aliphatic heterocycles. The molecule has 4 heteroatoms. The smallest absolute Gasteiger partial charge is 0.270 e. The lowest BCUT2D eigenvalue weighted by atomic mass is 10.2. The van der Waals surface area contributed by atoms with Gasteiger partial charge >= 0.3 is 0 Å². The van der Waals surface area contributed by atoms with Crippen LogP contribution in [0.25, 0.3) is 10.9 Å². The number of non-ortho nitro benzene ring substituents is 1. The summed E-state index contributed by atoms with van der Waals surface area (Å²) in [4.78, 5) is 10.3. The summed E-state index contributed by atoms with van der Waals surface area (Å²) in [6.07, 6.45) is 8.79. The van der Waals surface area contributed by atoms with E-state index in [1.54, 1.807) is 12.1 Å². The van der Waals surface area contributed by atoms with E-state index < -0.39 is 0 Å². The first kappa shape index (κ1) is 11.2. The Hall–Kier alpha value is -2.28. The molecule has 0 atom stereocenters. The first-order chi connectivity index (χ1) is 8.22. The Balaban J connectivity index is 2.29. The third kappa shape index (κ3) is 2.28. The van der Waals surface area contributed by atoms with Crippen LogP contribution in [0.4, 0.5) is 5.69 Å². The van der Waals surface area contributed by atoms with E-state index in [1.165, 1.54) is 6.07 Å². The van der Waals surface area contributed by atoms with E-state index in [1.807, 2.05) is 12.3 Å². The molecule has 4 nitrogen and oxygen atoms in total. The summed E-state index contributed by atoms with van der Waals surface area (Å²) in [6, 6.07) is 6.79. The Morgan fingerprint density at radius 3 is 2.94 bits per heavy atom. The lowest BCUT2D eigenvalue weighted by molar-refractivity contribution is -0.384. The standard InChI is InChI=1S/C13H12N2O2/c1-2-3-4-8-14-9-7-11-10-12(15(16)17)5-6-13(11)14/h1,5-7,9-10H,3-4,8H2. The van der Waals surface area contributed by atoms with Crippen molar-refractivity contribution in [1.29, 1.82) is 0 Å². The van der Waals surface area contributed by atoms with Crippen LogP contribution in [0.5, 0.6) is 0 Å². The Labute approximate surface area is 99.0 Å². The van der Waals surface area contributed by atoms with Crippen LogP contribution in [0.2, 0.25) is 0 Å². The molecule has 86 valence electrons. The van der Waals surface area contributed by atoms with Gasteiger partial charge in [-0.15, -0.1) is 12.3 Å². The highest BCUT2D eigenvalue weighted by molar-refractivity contribution is 5.82. The second-order valence-corrected chi connectivity index (χ2v) is 3.82. The molecule has 1 aromatic carbocycles. The number of aryl methyl sites for hydroxylation is 1. The van der Waals surface area contributed by atoms with Crippen LogP contribution in [0.1, 0.15) is 12.8 Å². The highest BCUT2D eigenvalue weighted by atomic mass is 16.6. The Bertz CT molecular complexity index is 593. The average molecular weight is 228 g/mol. The zero-order valence-corrected chi connectivity index (χ0v) is 9.30. The number of unbranched alkanes of at least 4 members (excludes halogenated alkanes) is 1. The van der Waals surface area contributed by atoms with Crippen molar-refractivity contribution in [1.82, 2.24) is 4.57 Å². The largest absolute Gasteiger partial charge is 0.347 e. The molecule has 1 aromatic heterocycles. The summed E-state index contributed by atoms with van der Waals surface area (Å²) in [5.41, 5.74) is 1.13. The molecule has 17 heavy (non-hydrogen) atoms. The minimum Gasteiger partial charge on any atom is -0.347 e. The Morgan fingerprint density at radius 2 is 2.24 bits per heavy atom. The van der Waals surface area contributed by atoms with Gasteiger partial charge in [0.05, 0.1) is 4.92 Å². The van der Waals surface area contributed by atoms with Crippen LogP contribution in [0, 0.1) is 22.5 Å². The summed E-state index contributed by atoms with van der Waals surface area (Å²) >= 11 is 0. The van der Waals surface area contributed by atoms with Gasteiger partial charge in [0.15, 0.2) is 0 Å². The van der Waals surface area contributed by atoms with Crippen LogP contribution >= 0.6 is 0 Å². The fourth-order valence-electron chi connectivity index (χ4n) is 1.85. The van der Waals surface area contributed by atoms with Gasteiger partial charge in [-0.05, 0) is 18.6 Å². The van der Waals surface area contributed by atoms with Crippen molar-refractivity contribution < 1.29 is 4.92 Å². The van der Waals surface area contributed by atoms with E-state index in [0.717, 1.165) is 30.3 Å². The topological polar surface area (TPSA) is 48.1 Å². The maximum Gasteiger partial charge on any atom is 0.270 e. The zero-order chi connectivity index (χ0) is 12.3. The number of terminal acetylenes is 1. The fourth-order valence-corrected chi connectivity index (χ4v) is 1.85. The molecule has 0 N–H and O–H groups in total. The van der Waals surface area contributed by atoms with Crippen molar-refractivity contribution in [3.63, 3.8) is 0 Å². The van der Waals surface area contributed by atoms with E-state index in [0.29, 0.717) is 0 Å². The summed E-state index contributed by atoms with van der Waals surface area (Å²) < 4.78 is 2.07. The van der Waals surface area contributed by atoms with Gasteiger partial charge in [-0.25, -0.2) is 0 Å². The number of rotatable bonds is 4. The molecule has 1 heterocycles. The maximum atomic E-state index is 10.6. The lowest BCUT2D eigenvalue weighted by Gasteiger charge is -2.03. The molecule has 0 spiro atoms. The molecular formula is C13H12N2O2. The zero-order valence-electron chi connectivity index (χ0n) is 9.30. The van der Waals surface area contributed by atoms with E-state index in [2.05, 4.69) is 10.5 Å². The van der Waals surface area contributed by atoms with Gasteiger partial charge < -0.3 is 4.57 Å². The van der Waals surface area contributed by atoms with Gasteiger partial charge in [-0.3, -0.25) is 10.1 Å². The normalized spacial score (nSPS) is 10.3. The van der Waals surface area contributed by atoms with Crippen molar-refractivity contribution in [3.05, 3.63) is 40.6 Å². The second-order valence-electron chi connectivity index (χ2n) is 3.82. The maximum absolute atomic E-state index is 10.6. The number of aromatic nitrogens is 1. The van der Waals surface area contributed by atoms with Crippen LogP contribution in [0.3, 0.4) is 0 Å². The van der Waals surface area contributed by atoms with Crippen LogP contribution in [-0.2, 0) is 6.54 Å². The van der Waals surface area contributed by atoms with Gasteiger partial charge in [0, 0.05) is 42.2 Å². The van der Waals surface area contributed by atoms with Crippen LogP contribution in [0.15, 0.2) is 30.5 Å². The number of nitro groups is 1. The number of fused-ring (bicyclic) bond motifs is 1. The number of nitrogens with zero attached hydrogens (tertiary/aromatic N) is 2. The van der Waals surface area contributed by atoms with Crippen LogP contribution < -0.4 is 0 Å². The molecule has 0 bridgehead atoms. The molecule has 0 unspecified atom stereocenters. The first-order valence-corrected chi connectivity index (χ1v) is 5.39. The molecule has 0 amide bonds. The molecule has 0 saturated heterocycles. The SMILES string of the molecule is C#CCCCn1ccc2cc([N+](=O)[O-])ccc21. The Morgan fingerprint density at radius 1 is 1.41 bits per heavy atom. The summed E-state index contributed by atoms with van der Waals surface area (Å²) in [5.74, 6) is 2.60. The second kappa shape index (κ2) is 4.71. The first-order valence-electron chi connectivity index (χ1n) is 5.39. The van der Waals surface area contributed by atoms with E-state index in [4.69, 9.17) is 6.42 Å². The van der Waals surface area contributed by atoms with Crippen molar-refractivity contribution in [3.8, 4) is 12.3 Å². The molecule has 2 rings (SSSR count). The predicted octanol–water partition coefficient (Wildman–Crippen LogP) is 2.96. The molecule has 0 aliphatic carbocycles. The monoisotopic (exact) mass is 228 g/mol. The Kier molecular flexibility index (Phi) is 3.10. The summed E-state index contributed by atoms with van der Waals surface area (Å²) in [6.45, 7) is 0.839.